The van der Waals surface area contributed by atoms with Crippen LogP contribution in [0.5, 0.6) is 0 Å². The van der Waals surface area contributed by atoms with Gasteiger partial charge in [0.1, 0.15) is 0 Å². The molecular weight excluding hydrogens is 264 g/mol. The topological polar surface area (TPSA) is 54.2 Å². The summed E-state index contributed by atoms with van der Waals surface area (Å²) in [4.78, 5) is 6.59. The van der Waals surface area contributed by atoms with Gasteiger partial charge in [-0.3, -0.25) is 0 Å². The summed E-state index contributed by atoms with van der Waals surface area (Å²) in [6.07, 6.45) is 4.57. The van der Waals surface area contributed by atoms with Crippen LogP contribution in [-0.4, -0.2) is 47.3 Å². The van der Waals surface area contributed by atoms with E-state index in [1.165, 1.54) is 18.3 Å². The van der Waals surface area contributed by atoms with Gasteiger partial charge in [0.2, 0.25) is 5.89 Å². The van der Waals surface area contributed by atoms with Crippen LogP contribution in [0.15, 0.2) is 41.2 Å². The minimum absolute atomic E-state index is 0.512. The number of nitrogens with zero attached hydrogens (tertiary/aromatic N) is 3. The van der Waals surface area contributed by atoms with E-state index in [1.54, 1.807) is 0 Å². The van der Waals surface area contributed by atoms with Crippen molar-refractivity contribution in [1.29, 1.82) is 0 Å². The van der Waals surface area contributed by atoms with Gasteiger partial charge in [0.15, 0.2) is 6.33 Å². The third-order valence-corrected chi connectivity index (χ3v) is 3.94. The van der Waals surface area contributed by atoms with E-state index in [0.717, 1.165) is 44.9 Å². The highest BCUT2D eigenvalue weighted by molar-refractivity contribution is 5.16. The number of rotatable bonds is 5. The molecule has 1 fully saturated rings. The normalized spacial score (nSPS) is 20.3. The first-order valence-corrected chi connectivity index (χ1v) is 7.65. The lowest BCUT2D eigenvalue weighted by Crippen LogP contribution is -2.39. The van der Waals surface area contributed by atoms with Crippen molar-refractivity contribution in [1.82, 2.24) is 20.4 Å². The molecular formula is C16H22N4O. The first-order chi connectivity index (χ1) is 10.4. The average molecular weight is 286 g/mol. The fourth-order valence-corrected chi connectivity index (χ4v) is 2.87. The largest absolute Gasteiger partial charge is 0.340 e. The van der Waals surface area contributed by atoms with E-state index >= 15 is 0 Å². The van der Waals surface area contributed by atoms with Crippen molar-refractivity contribution >= 4 is 0 Å². The van der Waals surface area contributed by atoms with Gasteiger partial charge in [-0.05, 0) is 31.5 Å². The van der Waals surface area contributed by atoms with Crippen molar-refractivity contribution in [2.75, 3.05) is 26.2 Å². The SMILES string of the molecule is c1ccc(CC2CN(CCc3ncno3)CCCN2)cc1. The van der Waals surface area contributed by atoms with Gasteiger partial charge in [-0.25, -0.2) is 0 Å². The third kappa shape index (κ3) is 4.37. The predicted octanol–water partition coefficient (Wildman–Crippen LogP) is 1.52. The highest BCUT2D eigenvalue weighted by Crippen LogP contribution is 2.08. The molecule has 5 nitrogen and oxygen atoms in total. The number of hydrogen-bond donors (Lipinski definition) is 1. The Morgan fingerprint density at radius 2 is 2.19 bits per heavy atom. The van der Waals surface area contributed by atoms with Crippen LogP contribution < -0.4 is 5.32 Å². The molecule has 1 atom stereocenters. The summed E-state index contributed by atoms with van der Waals surface area (Å²) in [5, 5.41) is 7.32. The molecule has 112 valence electrons. The van der Waals surface area contributed by atoms with Crippen molar-refractivity contribution in [3.05, 3.63) is 48.1 Å². The second kappa shape index (κ2) is 7.33. The Morgan fingerprint density at radius 1 is 1.29 bits per heavy atom. The Bertz CT molecular complexity index is 514. The van der Waals surface area contributed by atoms with E-state index in [4.69, 9.17) is 4.52 Å². The summed E-state index contributed by atoms with van der Waals surface area (Å²) in [6.45, 7) is 4.28. The van der Waals surface area contributed by atoms with Gasteiger partial charge in [-0.15, -0.1) is 0 Å². The number of aromatic nitrogens is 2. The summed E-state index contributed by atoms with van der Waals surface area (Å²) in [6, 6.07) is 11.2. The van der Waals surface area contributed by atoms with Gasteiger partial charge < -0.3 is 14.7 Å². The summed E-state index contributed by atoms with van der Waals surface area (Å²) in [7, 11) is 0. The molecule has 0 aliphatic carbocycles. The zero-order valence-electron chi connectivity index (χ0n) is 12.2. The van der Waals surface area contributed by atoms with E-state index in [9.17, 15) is 0 Å². The summed E-state index contributed by atoms with van der Waals surface area (Å²) >= 11 is 0. The fraction of sp³-hybridized carbons (Fsp3) is 0.500. The van der Waals surface area contributed by atoms with Gasteiger partial charge in [0, 0.05) is 25.6 Å². The second-order valence-electron chi connectivity index (χ2n) is 5.58. The minimum atomic E-state index is 0.512. The maximum atomic E-state index is 5.07. The third-order valence-electron chi connectivity index (χ3n) is 3.94. The number of benzene rings is 1. The first-order valence-electron chi connectivity index (χ1n) is 7.65. The fourth-order valence-electron chi connectivity index (χ4n) is 2.87. The van der Waals surface area contributed by atoms with Crippen LogP contribution >= 0.6 is 0 Å². The average Bonchev–Trinajstić information content (AvgIpc) is 2.93. The highest BCUT2D eigenvalue weighted by atomic mass is 16.5. The molecule has 0 radical (unpaired) electrons. The van der Waals surface area contributed by atoms with E-state index in [-0.39, 0.29) is 0 Å². The molecule has 2 aromatic rings. The van der Waals surface area contributed by atoms with Crippen LogP contribution in [-0.2, 0) is 12.8 Å². The maximum Gasteiger partial charge on any atom is 0.227 e. The Balaban J connectivity index is 1.53. The van der Waals surface area contributed by atoms with Crippen molar-refractivity contribution in [2.24, 2.45) is 0 Å². The molecule has 21 heavy (non-hydrogen) atoms. The Hall–Kier alpha value is -1.72. The lowest BCUT2D eigenvalue weighted by atomic mass is 10.1. The smallest absolute Gasteiger partial charge is 0.227 e. The van der Waals surface area contributed by atoms with Crippen LogP contribution in [0.3, 0.4) is 0 Å². The van der Waals surface area contributed by atoms with Crippen molar-refractivity contribution in [3.8, 4) is 0 Å². The molecule has 0 saturated carbocycles. The monoisotopic (exact) mass is 286 g/mol. The first kappa shape index (κ1) is 14.2. The van der Waals surface area contributed by atoms with Crippen LogP contribution in [0.2, 0.25) is 0 Å². The molecule has 1 saturated heterocycles. The van der Waals surface area contributed by atoms with E-state index < -0.39 is 0 Å². The minimum Gasteiger partial charge on any atom is -0.340 e. The Morgan fingerprint density at radius 3 is 3.00 bits per heavy atom. The lowest BCUT2D eigenvalue weighted by molar-refractivity contribution is 0.257. The number of hydrogen-bond acceptors (Lipinski definition) is 5. The molecule has 5 heteroatoms. The molecule has 1 N–H and O–H groups in total. The molecule has 2 heterocycles. The van der Waals surface area contributed by atoms with Crippen molar-refractivity contribution < 1.29 is 4.52 Å². The molecule has 1 aromatic carbocycles. The molecule has 0 amide bonds. The predicted molar refractivity (Wildman–Crippen MR) is 81.0 cm³/mol. The van der Waals surface area contributed by atoms with Gasteiger partial charge in [-0.1, -0.05) is 35.5 Å². The van der Waals surface area contributed by atoms with Crippen LogP contribution in [0.25, 0.3) is 0 Å². The maximum absolute atomic E-state index is 5.07. The molecule has 0 bridgehead atoms. The molecule has 3 rings (SSSR count). The molecule has 1 aliphatic heterocycles. The van der Waals surface area contributed by atoms with Crippen molar-refractivity contribution in [3.63, 3.8) is 0 Å². The Labute approximate surface area is 125 Å². The lowest BCUT2D eigenvalue weighted by Gasteiger charge is -2.24. The van der Waals surface area contributed by atoms with Crippen LogP contribution in [0, 0.1) is 0 Å². The summed E-state index contributed by atoms with van der Waals surface area (Å²) in [5.41, 5.74) is 1.40. The summed E-state index contributed by atoms with van der Waals surface area (Å²) < 4.78 is 5.07. The van der Waals surface area contributed by atoms with Crippen molar-refractivity contribution in [2.45, 2.75) is 25.3 Å². The van der Waals surface area contributed by atoms with E-state index in [0.29, 0.717) is 6.04 Å². The van der Waals surface area contributed by atoms with Gasteiger partial charge in [0.05, 0.1) is 0 Å². The molecule has 1 unspecified atom stereocenters. The van der Waals surface area contributed by atoms with Crippen LogP contribution in [0.1, 0.15) is 17.9 Å². The van der Waals surface area contributed by atoms with Gasteiger partial charge >= 0.3 is 0 Å². The molecule has 0 spiro atoms. The molecule has 1 aliphatic rings. The quantitative estimate of drug-likeness (QED) is 0.903. The zero-order chi connectivity index (χ0) is 14.3. The van der Waals surface area contributed by atoms with Crippen LogP contribution in [0.4, 0.5) is 0 Å². The zero-order valence-corrected chi connectivity index (χ0v) is 12.2. The van der Waals surface area contributed by atoms with E-state index in [2.05, 4.69) is 50.7 Å². The highest BCUT2D eigenvalue weighted by Gasteiger charge is 2.18. The van der Waals surface area contributed by atoms with E-state index in [1.807, 2.05) is 0 Å². The standard InChI is InChI=1S/C16H22N4O/c1-2-5-14(6-3-1)11-15-12-20(9-4-8-17-15)10-7-16-18-13-19-21-16/h1-3,5-6,13,15,17H,4,7-12H2. The second-order valence-corrected chi connectivity index (χ2v) is 5.58. The van der Waals surface area contributed by atoms with Gasteiger partial charge in [-0.2, -0.15) is 4.98 Å². The summed E-state index contributed by atoms with van der Waals surface area (Å²) in [5.74, 6) is 0.729. The Kier molecular flexibility index (Phi) is 4.97. The number of nitrogens with one attached hydrogen (secondary N) is 1. The van der Waals surface area contributed by atoms with Gasteiger partial charge in [0.25, 0.3) is 0 Å². The molecule has 1 aromatic heterocycles.